The van der Waals surface area contributed by atoms with Crippen molar-refractivity contribution < 1.29 is 14.3 Å². The lowest BCUT2D eigenvalue weighted by Crippen LogP contribution is -2.50. The summed E-state index contributed by atoms with van der Waals surface area (Å²) in [5, 5.41) is 0.850. The number of hydrogen-bond donors (Lipinski definition) is 0. The molecule has 1 saturated heterocycles. The number of benzene rings is 2. The molecule has 4 rings (SSSR count). The van der Waals surface area contributed by atoms with Crippen molar-refractivity contribution in [3.8, 4) is 16.3 Å². The fraction of sp³-hybridized carbons (Fsp3) is 0.261. The van der Waals surface area contributed by atoms with E-state index in [-0.39, 0.29) is 11.8 Å². The summed E-state index contributed by atoms with van der Waals surface area (Å²) in [5.41, 5.74) is 2.36. The van der Waals surface area contributed by atoms with Gasteiger partial charge in [-0.15, -0.1) is 11.3 Å². The molecule has 6 nitrogen and oxygen atoms in total. The van der Waals surface area contributed by atoms with E-state index in [4.69, 9.17) is 4.74 Å². The molecule has 0 saturated carbocycles. The molecule has 0 N–H and O–H groups in total. The second kappa shape index (κ2) is 8.67. The van der Waals surface area contributed by atoms with E-state index in [0.29, 0.717) is 42.4 Å². The first-order valence-corrected chi connectivity index (χ1v) is 10.6. The minimum Gasteiger partial charge on any atom is -0.497 e. The fourth-order valence-corrected chi connectivity index (χ4v) is 4.53. The molecule has 2 amide bonds. The van der Waals surface area contributed by atoms with Gasteiger partial charge in [0.05, 0.1) is 12.8 Å². The van der Waals surface area contributed by atoms with Crippen molar-refractivity contribution in [2.75, 3.05) is 33.3 Å². The van der Waals surface area contributed by atoms with E-state index in [1.807, 2.05) is 54.3 Å². The van der Waals surface area contributed by atoms with Crippen molar-refractivity contribution in [1.82, 2.24) is 14.8 Å². The normalized spacial score (nSPS) is 13.9. The largest absolute Gasteiger partial charge is 0.497 e. The molecule has 0 bridgehead atoms. The number of carbonyl (C=O) groups excluding carboxylic acids is 2. The fourth-order valence-electron chi connectivity index (χ4n) is 3.49. The van der Waals surface area contributed by atoms with Gasteiger partial charge in [-0.05, 0) is 25.1 Å². The topological polar surface area (TPSA) is 62.7 Å². The van der Waals surface area contributed by atoms with Gasteiger partial charge in [0.2, 0.25) is 0 Å². The zero-order chi connectivity index (χ0) is 21.1. The average molecular weight is 422 g/mol. The summed E-state index contributed by atoms with van der Waals surface area (Å²) in [4.78, 5) is 34.7. The number of aryl methyl sites for hydroxylation is 1. The van der Waals surface area contributed by atoms with Crippen LogP contribution in [0.4, 0.5) is 0 Å². The molecule has 1 fully saturated rings. The third-order valence-electron chi connectivity index (χ3n) is 5.18. The average Bonchev–Trinajstić information content (AvgIpc) is 3.20. The number of piperazine rings is 1. The van der Waals surface area contributed by atoms with Crippen molar-refractivity contribution in [1.29, 1.82) is 0 Å². The van der Waals surface area contributed by atoms with Gasteiger partial charge in [-0.2, -0.15) is 0 Å². The summed E-state index contributed by atoms with van der Waals surface area (Å²) in [5.74, 6) is 0.603. The van der Waals surface area contributed by atoms with Crippen molar-refractivity contribution >= 4 is 23.2 Å². The number of hydrogen-bond acceptors (Lipinski definition) is 5. The number of rotatable bonds is 4. The zero-order valence-corrected chi connectivity index (χ0v) is 17.8. The Morgan fingerprint density at radius 2 is 1.60 bits per heavy atom. The van der Waals surface area contributed by atoms with Crippen LogP contribution in [0.1, 0.15) is 25.7 Å². The summed E-state index contributed by atoms with van der Waals surface area (Å²) in [6.45, 7) is 3.90. The lowest BCUT2D eigenvalue weighted by atomic mass is 10.1. The summed E-state index contributed by atoms with van der Waals surface area (Å²) < 4.78 is 5.21. The minimum absolute atomic E-state index is 0.0133. The second-order valence-electron chi connectivity index (χ2n) is 7.12. The summed E-state index contributed by atoms with van der Waals surface area (Å²) >= 11 is 1.43. The maximum Gasteiger partial charge on any atom is 0.265 e. The highest BCUT2D eigenvalue weighted by atomic mass is 32.1. The van der Waals surface area contributed by atoms with E-state index in [2.05, 4.69) is 4.98 Å². The summed E-state index contributed by atoms with van der Waals surface area (Å²) in [7, 11) is 1.58. The van der Waals surface area contributed by atoms with Crippen LogP contribution >= 0.6 is 11.3 Å². The van der Waals surface area contributed by atoms with Crippen LogP contribution in [0.2, 0.25) is 0 Å². The number of thiazole rings is 1. The van der Waals surface area contributed by atoms with Crippen LogP contribution in [0.15, 0.2) is 54.6 Å². The number of nitrogens with zero attached hydrogens (tertiary/aromatic N) is 3. The highest BCUT2D eigenvalue weighted by Gasteiger charge is 2.28. The van der Waals surface area contributed by atoms with Gasteiger partial charge in [0.15, 0.2) is 0 Å². The van der Waals surface area contributed by atoms with Gasteiger partial charge in [0.25, 0.3) is 11.8 Å². The van der Waals surface area contributed by atoms with Gasteiger partial charge in [-0.3, -0.25) is 9.59 Å². The molecule has 7 heteroatoms. The van der Waals surface area contributed by atoms with E-state index in [9.17, 15) is 9.59 Å². The first-order chi connectivity index (χ1) is 14.6. The van der Waals surface area contributed by atoms with Crippen molar-refractivity contribution in [2.24, 2.45) is 0 Å². The van der Waals surface area contributed by atoms with Crippen LogP contribution in [0.5, 0.6) is 5.75 Å². The van der Waals surface area contributed by atoms with Gasteiger partial charge >= 0.3 is 0 Å². The molecule has 0 atom stereocenters. The third kappa shape index (κ3) is 4.07. The monoisotopic (exact) mass is 421 g/mol. The molecular formula is C23H23N3O3S. The molecule has 3 aromatic rings. The summed E-state index contributed by atoms with van der Waals surface area (Å²) in [6, 6.07) is 17.0. The number of ether oxygens (including phenoxy) is 1. The van der Waals surface area contributed by atoms with Crippen molar-refractivity contribution in [2.45, 2.75) is 6.92 Å². The highest BCUT2D eigenvalue weighted by molar-refractivity contribution is 7.17. The Hall–Kier alpha value is -3.19. The van der Waals surface area contributed by atoms with E-state index in [1.165, 1.54) is 11.3 Å². The van der Waals surface area contributed by atoms with E-state index in [1.54, 1.807) is 24.1 Å². The highest BCUT2D eigenvalue weighted by Crippen LogP contribution is 2.29. The standard InChI is InChI=1S/C23H23N3O3S/c1-16-20(30-21(24-16)17-7-4-3-5-8-17)23(28)26-13-11-25(12-14-26)22(27)18-9-6-10-19(15-18)29-2/h3-10,15H,11-14H2,1-2H3. The maximum atomic E-state index is 13.1. The molecule has 2 aromatic carbocycles. The number of aromatic nitrogens is 1. The predicted molar refractivity (Wildman–Crippen MR) is 117 cm³/mol. The van der Waals surface area contributed by atoms with Gasteiger partial charge in [0, 0.05) is 37.3 Å². The quantitative estimate of drug-likeness (QED) is 0.644. The third-order valence-corrected chi connectivity index (χ3v) is 6.38. The SMILES string of the molecule is COc1cccc(C(=O)N2CCN(C(=O)c3sc(-c4ccccc4)nc3C)CC2)c1. The number of carbonyl (C=O) groups is 2. The van der Waals surface area contributed by atoms with Crippen molar-refractivity contribution in [3.05, 3.63) is 70.7 Å². The Balaban J connectivity index is 1.42. The molecular weight excluding hydrogens is 398 g/mol. The molecule has 30 heavy (non-hydrogen) atoms. The molecule has 0 radical (unpaired) electrons. The van der Waals surface area contributed by atoms with Gasteiger partial charge < -0.3 is 14.5 Å². The van der Waals surface area contributed by atoms with Gasteiger partial charge in [0.1, 0.15) is 15.6 Å². The molecule has 0 spiro atoms. The van der Waals surface area contributed by atoms with E-state index in [0.717, 1.165) is 16.3 Å². The second-order valence-corrected chi connectivity index (χ2v) is 8.12. The Morgan fingerprint density at radius 3 is 2.27 bits per heavy atom. The Bertz CT molecular complexity index is 1060. The van der Waals surface area contributed by atoms with Crippen LogP contribution in [-0.2, 0) is 0 Å². The first-order valence-electron chi connectivity index (χ1n) is 9.82. The molecule has 154 valence electrons. The lowest BCUT2D eigenvalue weighted by Gasteiger charge is -2.34. The molecule has 1 aromatic heterocycles. The molecule has 0 unspecified atom stereocenters. The van der Waals surface area contributed by atoms with Crippen molar-refractivity contribution in [3.63, 3.8) is 0 Å². The van der Waals surface area contributed by atoms with Gasteiger partial charge in [-0.25, -0.2) is 4.98 Å². The van der Waals surface area contributed by atoms with Crippen LogP contribution in [0.25, 0.3) is 10.6 Å². The smallest absolute Gasteiger partial charge is 0.265 e. The van der Waals surface area contributed by atoms with E-state index >= 15 is 0 Å². The summed E-state index contributed by atoms with van der Waals surface area (Å²) in [6.07, 6.45) is 0. The van der Waals surface area contributed by atoms with Crippen LogP contribution in [-0.4, -0.2) is 59.9 Å². The molecule has 1 aliphatic rings. The first kappa shape index (κ1) is 20.1. The molecule has 1 aliphatic heterocycles. The Labute approximate surface area is 179 Å². The zero-order valence-electron chi connectivity index (χ0n) is 17.0. The van der Waals surface area contributed by atoms with E-state index < -0.39 is 0 Å². The number of methoxy groups -OCH3 is 1. The van der Waals surface area contributed by atoms with Crippen LogP contribution in [0, 0.1) is 6.92 Å². The van der Waals surface area contributed by atoms with Crippen LogP contribution in [0.3, 0.4) is 0 Å². The molecule has 2 heterocycles. The minimum atomic E-state index is -0.0404. The lowest BCUT2D eigenvalue weighted by molar-refractivity contribution is 0.0537. The van der Waals surface area contributed by atoms with Crippen LogP contribution < -0.4 is 4.74 Å². The predicted octanol–water partition coefficient (Wildman–Crippen LogP) is 3.73. The Kier molecular flexibility index (Phi) is 5.81. The van der Waals surface area contributed by atoms with Gasteiger partial charge in [-0.1, -0.05) is 36.4 Å². The Morgan fingerprint density at radius 1 is 0.933 bits per heavy atom. The maximum absolute atomic E-state index is 13.1. The molecule has 0 aliphatic carbocycles. The number of amides is 2.